The van der Waals surface area contributed by atoms with E-state index in [9.17, 15) is 4.79 Å². The van der Waals surface area contributed by atoms with Crippen molar-refractivity contribution in [1.29, 1.82) is 0 Å². The van der Waals surface area contributed by atoms with Gasteiger partial charge in [0.25, 0.3) is 5.91 Å². The number of thiazole rings is 1. The van der Waals surface area contributed by atoms with Crippen LogP contribution in [0.5, 0.6) is 5.75 Å². The summed E-state index contributed by atoms with van der Waals surface area (Å²) in [6.07, 6.45) is 0. The maximum Gasteiger partial charge on any atom is 0.255 e. The highest BCUT2D eigenvalue weighted by atomic mass is 32.1. The molecule has 0 aliphatic carbocycles. The Balaban J connectivity index is 1.26. The summed E-state index contributed by atoms with van der Waals surface area (Å²) in [6, 6.07) is 33.0. The largest absolute Gasteiger partial charge is 0.489 e. The second-order valence-corrected chi connectivity index (χ2v) is 8.35. The molecule has 0 fully saturated rings. The molecular weight excluding hydrogens is 416 g/mol. The number of carbonyl (C=O) groups is 1. The van der Waals surface area contributed by atoms with Crippen LogP contribution in [0.15, 0.2) is 103 Å². The minimum absolute atomic E-state index is 0.166. The number of nitrogens with one attached hydrogen (secondary N) is 1. The number of hydrogen-bond donors (Lipinski definition) is 1. The first-order valence-electron chi connectivity index (χ1n) is 10.3. The Kier molecular flexibility index (Phi) is 5.64. The zero-order valence-corrected chi connectivity index (χ0v) is 18.0. The topological polar surface area (TPSA) is 51.2 Å². The van der Waals surface area contributed by atoms with Crippen molar-refractivity contribution in [2.45, 2.75) is 6.61 Å². The Bertz CT molecular complexity index is 1330. The summed E-state index contributed by atoms with van der Waals surface area (Å²) >= 11 is 1.64. The van der Waals surface area contributed by atoms with Crippen molar-refractivity contribution < 1.29 is 9.53 Å². The van der Waals surface area contributed by atoms with E-state index in [0.29, 0.717) is 12.2 Å². The Morgan fingerprint density at radius 3 is 2.44 bits per heavy atom. The Hall–Kier alpha value is -3.96. The van der Waals surface area contributed by atoms with Crippen molar-refractivity contribution in [3.05, 3.63) is 114 Å². The van der Waals surface area contributed by atoms with Crippen LogP contribution < -0.4 is 10.1 Å². The molecule has 0 saturated carbocycles. The number of nitrogens with zero attached hydrogens (tertiary/aromatic N) is 1. The first-order chi connectivity index (χ1) is 15.7. The number of carbonyl (C=O) groups excluding carboxylic acids is 1. The fourth-order valence-corrected chi connectivity index (χ4v) is 4.33. The third-order valence-electron chi connectivity index (χ3n) is 5.03. The molecule has 1 amide bonds. The predicted molar refractivity (Wildman–Crippen MR) is 130 cm³/mol. The maximum atomic E-state index is 12.7. The van der Waals surface area contributed by atoms with Crippen LogP contribution in [0.25, 0.3) is 20.8 Å². The minimum Gasteiger partial charge on any atom is -0.489 e. The monoisotopic (exact) mass is 436 g/mol. The SMILES string of the molecule is O=C(Nc1cccc(-c2nc3ccccc3s2)c1)c1ccc(OCc2ccccc2)cc1. The third-order valence-corrected chi connectivity index (χ3v) is 6.11. The lowest BCUT2D eigenvalue weighted by atomic mass is 10.1. The number of hydrogen-bond acceptors (Lipinski definition) is 4. The number of rotatable bonds is 6. The van der Waals surface area contributed by atoms with Crippen molar-refractivity contribution in [2.75, 3.05) is 5.32 Å². The zero-order chi connectivity index (χ0) is 21.8. The number of ether oxygens (including phenoxy) is 1. The molecule has 0 radical (unpaired) electrons. The highest BCUT2D eigenvalue weighted by molar-refractivity contribution is 7.21. The highest BCUT2D eigenvalue weighted by Crippen LogP contribution is 2.31. The van der Waals surface area contributed by atoms with E-state index >= 15 is 0 Å². The van der Waals surface area contributed by atoms with E-state index in [1.165, 1.54) is 0 Å². The van der Waals surface area contributed by atoms with Crippen LogP contribution in [0.3, 0.4) is 0 Å². The molecule has 0 aliphatic rings. The van der Waals surface area contributed by atoms with Crippen LogP contribution in [0, 0.1) is 0 Å². The first-order valence-corrected chi connectivity index (χ1v) is 11.1. The van der Waals surface area contributed by atoms with Crippen molar-refractivity contribution in [1.82, 2.24) is 4.98 Å². The molecule has 0 atom stereocenters. The van der Waals surface area contributed by atoms with Gasteiger partial charge in [0.05, 0.1) is 10.2 Å². The molecule has 156 valence electrons. The lowest BCUT2D eigenvalue weighted by Crippen LogP contribution is -2.11. The number of amides is 1. The summed E-state index contributed by atoms with van der Waals surface area (Å²) in [4.78, 5) is 17.4. The van der Waals surface area contributed by atoms with Crippen LogP contribution in [0.2, 0.25) is 0 Å². The quantitative estimate of drug-likeness (QED) is 0.319. The van der Waals surface area contributed by atoms with Crippen LogP contribution in [-0.2, 0) is 6.61 Å². The molecule has 0 unspecified atom stereocenters. The molecule has 4 aromatic carbocycles. The van der Waals surface area contributed by atoms with Gasteiger partial charge in [-0.1, -0.05) is 54.6 Å². The van der Waals surface area contributed by atoms with E-state index in [1.54, 1.807) is 23.5 Å². The lowest BCUT2D eigenvalue weighted by Gasteiger charge is -2.09. The molecule has 1 aromatic heterocycles. The number of para-hydroxylation sites is 1. The Labute approximate surface area is 190 Å². The lowest BCUT2D eigenvalue weighted by molar-refractivity contribution is 0.102. The van der Waals surface area contributed by atoms with Gasteiger partial charge in [0, 0.05) is 16.8 Å². The standard InChI is InChI=1S/C27H20N2O2S/c30-26(20-13-15-23(16-14-20)31-18-19-7-2-1-3-8-19)28-22-10-6-9-21(17-22)27-29-24-11-4-5-12-25(24)32-27/h1-17H,18H2,(H,28,30). The molecule has 0 saturated heterocycles. The fourth-order valence-electron chi connectivity index (χ4n) is 3.37. The molecule has 5 heteroatoms. The molecule has 0 spiro atoms. The average molecular weight is 437 g/mol. The molecule has 5 rings (SSSR count). The van der Waals surface area contributed by atoms with E-state index in [1.807, 2.05) is 84.9 Å². The summed E-state index contributed by atoms with van der Waals surface area (Å²) in [7, 11) is 0. The van der Waals surface area contributed by atoms with Crippen molar-refractivity contribution in [3.8, 4) is 16.3 Å². The van der Waals surface area contributed by atoms with Gasteiger partial charge in [-0.25, -0.2) is 4.98 Å². The summed E-state index contributed by atoms with van der Waals surface area (Å²) in [5, 5.41) is 3.91. The van der Waals surface area contributed by atoms with Crippen molar-refractivity contribution >= 4 is 33.1 Å². The highest BCUT2D eigenvalue weighted by Gasteiger charge is 2.10. The van der Waals surface area contributed by atoms with Gasteiger partial charge in [-0.2, -0.15) is 0 Å². The number of benzene rings is 4. The summed E-state index contributed by atoms with van der Waals surface area (Å²) in [6.45, 7) is 0.491. The number of fused-ring (bicyclic) bond motifs is 1. The van der Waals surface area contributed by atoms with E-state index in [0.717, 1.165) is 37.8 Å². The smallest absolute Gasteiger partial charge is 0.255 e. The van der Waals surface area contributed by atoms with E-state index in [-0.39, 0.29) is 5.91 Å². The molecule has 1 heterocycles. The van der Waals surface area contributed by atoms with Gasteiger partial charge in [0.2, 0.25) is 0 Å². The summed E-state index contributed by atoms with van der Waals surface area (Å²) in [5.41, 5.74) is 4.37. The van der Waals surface area contributed by atoms with Gasteiger partial charge in [-0.15, -0.1) is 11.3 Å². The zero-order valence-electron chi connectivity index (χ0n) is 17.2. The average Bonchev–Trinajstić information content (AvgIpc) is 3.28. The molecule has 1 N–H and O–H groups in total. The maximum absolute atomic E-state index is 12.7. The molecule has 0 bridgehead atoms. The number of aromatic nitrogens is 1. The fraction of sp³-hybridized carbons (Fsp3) is 0.0370. The third kappa shape index (κ3) is 4.53. The van der Waals surface area contributed by atoms with Gasteiger partial charge in [0.15, 0.2) is 0 Å². The second kappa shape index (κ2) is 9.04. The molecule has 4 nitrogen and oxygen atoms in total. The van der Waals surface area contributed by atoms with Crippen LogP contribution in [0.4, 0.5) is 5.69 Å². The second-order valence-electron chi connectivity index (χ2n) is 7.32. The normalized spacial score (nSPS) is 10.8. The van der Waals surface area contributed by atoms with Gasteiger partial charge in [0.1, 0.15) is 17.4 Å². The van der Waals surface area contributed by atoms with Crippen molar-refractivity contribution in [2.24, 2.45) is 0 Å². The molecule has 0 aliphatic heterocycles. The van der Waals surface area contributed by atoms with Gasteiger partial charge >= 0.3 is 0 Å². The first kappa shape index (κ1) is 20.0. The van der Waals surface area contributed by atoms with E-state index < -0.39 is 0 Å². The Morgan fingerprint density at radius 2 is 1.62 bits per heavy atom. The Morgan fingerprint density at radius 1 is 0.844 bits per heavy atom. The van der Waals surface area contributed by atoms with Crippen LogP contribution in [-0.4, -0.2) is 10.9 Å². The summed E-state index contributed by atoms with van der Waals surface area (Å²) in [5.74, 6) is 0.560. The van der Waals surface area contributed by atoms with E-state index in [4.69, 9.17) is 9.72 Å². The van der Waals surface area contributed by atoms with Gasteiger partial charge < -0.3 is 10.1 Å². The number of anilines is 1. The molecule has 5 aromatic rings. The molecule has 32 heavy (non-hydrogen) atoms. The van der Waals surface area contributed by atoms with Gasteiger partial charge in [-0.05, 0) is 54.1 Å². The predicted octanol–water partition coefficient (Wildman–Crippen LogP) is 6.79. The van der Waals surface area contributed by atoms with Crippen LogP contribution >= 0.6 is 11.3 Å². The minimum atomic E-state index is -0.166. The molecular formula is C27H20N2O2S. The van der Waals surface area contributed by atoms with E-state index in [2.05, 4.69) is 11.4 Å². The van der Waals surface area contributed by atoms with Gasteiger partial charge in [-0.3, -0.25) is 4.79 Å². The summed E-state index contributed by atoms with van der Waals surface area (Å²) < 4.78 is 6.94. The van der Waals surface area contributed by atoms with Crippen LogP contribution in [0.1, 0.15) is 15.9 Å². The van der Waals surface area contributed by atoms with Crippen molar-refractivity contribution in [3.63, 3.8) is 0 Å².